The summed E-state index contributed by atoms with van der Waals surface area (Å²) in [6, 6.07) is 9.30. The molecule has 0 radical (unpaired) electrons. The molecule has 0 unspecified atom stereocenters. The fraction of sp³-hybridized carbons (Fsp3) is 0.188. The maximum atomic E-state index is 13.3. The number of anilines is 1. The second-order valence-corrected chi connectivity index (χ2v) is 7.17. The van der Waals surface area contributed by atoms with Crippen LogP contribution in [0.3, 0.4) is 0 Å². The molecule has 0 aliphatic carbocycles. The zero-order valence-electron chi connectivity index (χ0n) is 12.4. The summed E-state index contributed by atoms with van der Waals surface area (Å²) in [6.45, 7) is 0.0999. The van der Waals surface area contributed by atoms with Crippen LogP contribution in [0.15, 0.2) is 53.4 Å². The maximum absolute atomic E-state index is 13.3. The van der Waals surface area contributed by atoms with Crippen molar-refractivity contribution >= 4 is 21.6 Å². The van der Waals surface area contributed by atoms with E-state index in [4.69, 9.17) is 0 Å². The van der Waals surface area contributed by atoms with E-state index in [1.54, 1.807) is 6.07 Å². The Morgan fingerprint density at radius 2 is 1.75 bits per heavy atom. The highest BCUT2D eigenvalue weighted by atomic mass is 32.2. The molecule has 1 N–H and O–H groups in total. The Bertz CT molecular complexity index is 869. The monoisotopic (exact) mass is 352 g/mol. The van der Waals surface area contributed by atoms with Gasteiger partial charge in [-0.05, 0) is 42.5 Å². The molecule has 2 aromatic rings. The van der Waals surface area contributed by atoms with Gasteiger partial charge < -0.3 is 4.90 Å². The number of hydrogen-bond acceptors (Lipinski definition) is 3. The Morgan fingerprint density at radius 3 is 2.42 bits per heavy atom. The first-order valence-electron chi connectivity index (χ1n) is 7.19. The van der Waals surface area contributed by atoms with E-state index >= 15 is 0 Å². The van der Waals surface area contributed by atoms with E-state index in [0.717, 1.165) is 24.3 Å². The van der Waals surface area contributed by atoms with Gasteiger partial charge in [0.05, 0.1) is 4.90 Å². The van der Waals surface area contributed by atoms with Crippen LogP contribution in [0.2, 0.25) is 0 Å². The van der Waals surface area contributed by atoms with E-state index in [9.17, 15) is 22.0 Å². The van der Waals surface area contributed by atoms with Crippen molar-refractivity contribution in [2.45, 2.75) is 17.4 Å². The van der Waals surface area contributed by atoms with Gasteiger partial charge in [0.15, 0.2) is 0 Å². The molecule has 0 spiro atoms. The second kappa shape index (κ2) is 6.29. The molecule has 126 valence electrons. The molecule has 8 heteroatoms. The molecule has 24 heavy (non-hydrogen) atoms. The summed E-state index contributed by atoms with van der Waals surface area (Å²) < 4.78 is 53.2. The molecular formula is C16H14F2N2O3S. The predicted molar refractivity (Wildman–Crippen MR) is 83.9 cm³/mol. The van der Waals surface area contributed by atoms with Gasteiger partial charge in [-0.1, -0.05) is 6.07 Å². The van der Waals surface area contributed by atoms with E-state index in [1.165, 1.54) is 23.1 Å². The Morgan fingerprint density at radius 1 is 1.04 bits per heavy atom. The van der Waals surface area contributed by atoms with Gasteiger partial charge in [0, 0.05) is 24.7 Å². The average molecular weight is 352 g/mol. The van der Waals surface area contributed by atoms with Crippen LogP contribution in [-0.4, -0.2) is 26.9 Å². The highest BCUT2D eigenvalue weighted by molar-refractivity contribution is 7.89. The largest absolute Gasteiger partial charge is 0.311 e. The van der Waals surface area contributed by atoms with E-state index in [2.05, 4.69) is 4.72 Å². The van der Waals surface area contributed by atoms with E-state index in [0.29, 0.717) is 5.69 Å². The molecule has 1 amide bonds. The first kappa shape index (κ1) is 16.5. The Hall–Kier alpha value is -2.32. The Balaban J connectivity index is 1.75. The van der Waals surface area contributed by atoms with Crippen LogP contribution in [0.1, 0.15) is 6.42 Å². The third kappa shape index (κ3) is 3.44. The van der Waals surface area contributed by atoms with Crippen LogP contribution in [0.4, 0.5) is 14.5 Å². The standard InChI is InChI=1S/C16H14F2N2O3S/c17-11-4-6-15(7-5-11)24(22,23)19-13-9-16(21)20(10-13)14-3-1-2-12(18)8-14/h1-8,13,19H,9-10H2/t13-/m1/s1. The third-order valence-electron chi connectivity index (χ3n) is 3.69. The summed E-state index contributed by atoms with van der Waals surface area (Å²) in [5.41, 5.74) is 0.378. The number of rotatable bonds is 4. The van der Waals surface area contributed by atoms with Gasteiger partial charge in [0.25, 0.3) is 0 Å². The highest BCUT2D eigenvalue weighted by Crippen LogP contribution is 2.23. The fourth-order valence-electron chi connectivity index (χ4n) is 2.58. The number of carbonyl (C=O) groups excluding carboxylic acids is 1. The highest BCUT2D eigenvalue weighted by Gasteiger charge is 2.33. The molecule has 3 rings (SSSR count). The van der Waals surface area contributed by atoms with Crippen LogP contribution in [-0.2, 0) is 14.8 Å². The molecule has 0 saturated carbocycles. The summed E-state index contributed by atoms with van der Waals surface area (Å²) in [5.74, 6) is -1.31. The normalized spacial score (nSPS) is 18.2. The molecule has 1 heterocycles. The lowest BCUT2D eigenvalue weighted by Crippen LogP contribution is -2.37. The van der Waals surface area contributed by atoms with Gasteiger partial charge in [-0.15, -0.1) is 0 Å². The van der Waals surface area contributed by atoms with Gasteiger partial charge in [-0.2, -0.15) is 0 Å². The molecule has 2 aromatic carbocycles. The molecular weight excluding hydrogens is 338 g/mol. The summed E-state index contributed by atoms with van der Waals surface area (Å²) in [5, 5.41) is 0. The number of sulfonamides is 1. The first-order valence-corrected chi connectivity index (χ1v) is 8.67. The summed E-state index contributed by atoms with van der Waals surface area (Å²) in [6.07, 6.45) is -0.0308. The van der Waals surface area contributed by atoms with Gasteiger partial charge >= 0.3 is 0 Å². The molecule has 1 saturated heterocycles. The lowest BCUT2D eigenvalue weighted by atomic mass is 10.3. The number of amides is 1. The zero-order chi connectivity index (χ0) is 17.3. The minimum absolute atomic E-state index is 0.0308. The molecule has 5 nitrogen and oxygen atoms in total. The van der Waals surface area contributed by atoms with Crippen molar-refractivity contribution in [3.63, 3.8) is 0 Å². The maximum Gasteiger partial charge on any atom is 0.240 e. The van der Waals surface area contributed by atoms with Gasteiger partial charge in [0.1, 0.15) is 11.6 Å². The minimum Gasteiger partial charge on any atom is -0.311 e. The SMILES string of the molecule is O=C1C[C@@H](NS(=O)(=O)c2ccc(F)cc2)CN1c1cccc(F)c1. The number of benzene rings is 2. The molecule has 1 aliphatic heterocycles. The van der Waals surface area contributed by atoms with Crippen LogP contribution in [0.25, 0.3) is 0 Å². The first-order chi connectivity index (χ1) is 11.3. The number of carbonyl (C=O) groups is 1. The van der Waals surface area contributed by atoms with Crippen molar-refractivity contribution in [2.75, 3.05) is 11.4 Å². The number of nitrogens with zero attached hydrogens (tertiary/aromatic N) is 1. The summed E-state index contributed by atoms with van der Waals surface area (Å²) in [4.78, 5) is 13.3. The van der Waals surface area contributed by atoms with Gasteiger partial charge in [0.2, 0.25) is 15.9 Å². The Kier molecular flexibility index (Phi) is 4.33. The summed E-state index contributed by atoms with van der Waals surface area (Å²) >= 11 is 0. The number of hydrogen-bond donors (Lipinski definition) is 1. The molecule has 1 fully saturated rings. The molecule has 0 aromatic heterocycles. The fourth-order valence-corrected chi connectivity index (χ4v) is 3.81. The number of nitrogens with one attached hydrogen (secondary N) is 1. The van der Waals surface area contributed by atoms with Crippen molar-refractivity contribution in [1.29, 1.82) is 0 Å². The topological polar surface area (TPSA) is 66.5 Å². The zero-order valence-corrected chi connectivity index (χ0v) is 13.3. The lowest BCUT2D eigenvalue weighted by molar-refractivity contribution is -0.117. The molecule has 0 bridgehead atoms. The summed E-state index contributed by atoms with van der Waals surface area (Å²) in [7, 11) is -3.87. The van der Waals surface area contributed by atoms with Crippen molar-refractivity contribution in [1.82, 2.24) is 4.72 Å². The quantitative estimate of drug-likeness (QED) is 0.916. The van der Waals surface area contributed by atoms with Crippen LogP contribution >= 0.6 is 0 Å². The van der Waals surface area contributed by atoms with Crippen molar-refractivity contribution < 1.29 is 22.0 Å². The lowest BCUT2D eigenvalue weighted by Gasteiger charge is -2.17. The van der Waals surface area contributed by atoms with Crippen LogP contribution in [0, 0.1) is 11.6 Å². The van der Waals surface area contributed by atoms with Gasteiger partial charge in [-0.3, -0.25) is 4.79 Å². The molecule has 1 aliphatic rings. The van der Waals surface area contributed by atoms with Crippen molar-refractivity contribution in [3.8, 4) is 0 Å². The Labute approximate surface area is 138 Å². The van der Waals surface area contributed by atoms with E-state index < -0.39 is 27.7 Å². The van der Waals surface area contributed by atoms with Crippen LogP contribution in [0.5, 0.6) is 0 Å². The minimum atomic E-state index is -3.87. The molecule has 1 atom stereocenters. The third-order valence-corrected chi connectivity index (χ3v) is 5.23. The van der Waals surface area contributed by atoms with Gasteiger partial charge in [-0.25, -0.2) is 21.9 Å². The van der Waals surface area contributed by atoms with Crippen LogP contribution < -0.4 is 9.62 Å². The van der Waals surface area contributed by atoms with E-state index in [-0.39, 0.29) is 23.8 Å². The predicted octanol–water partition coefficient (Wildman–Crippen LogP) is 2.05. The van der Waals surface area contributed by atoms with Crippen molar-refractivity contribution in [2.24, 2.45) is 0 Å². The van der Waals surface area contributed by atoms with E-state index in [1.807, 2.05) is 0 Å². The second-order valence-electron chi connectivity index (χ2n) is 5.46. The van der Waals surface area contributed by atoms with Crippen molar-refractivity contribution in [3.05, 3.63) is 60.2 Å². The average Bonchev–Trinajstić information content (AvgIpc) is 2.87. The number of halogens is 2. The smallest absolute Gasteiger partial charge is 0.240 e.